The summed E-state index contributed by atoms with van der Waals surface area (Å²) in [6, 6.07) is 20.4. The molecule has 8 heteroatoms. The van der Waals surface area contributed by atoms with Gasteiger partial charge in [0.1, 0.15) is 6.61 Å². The van der Waals surface area contributed by atoms with Crippen LogP contribution in [0.25, 0.3) is 10.8 Å². The topological polar surface area (TPSA) is 79.9 Å². The van der Waals surface area contributed by atoms with E-state index in [1.165, 1.54) is 0 Å². The molecule has 1 atom stereocenters. The third-order valence-corrected chi connectivity index (χ3v) is 6.53. The van der Waals surface area contributed by atoms with Crippen LogP contribution in [0.4, 0.5) is 5.69 Å². The van der Waals surface area contributed by atoms with E-state index >= 15 is 0 Å². The molecule has 0 aliphatic carbocycles. The van der Waals surface area contributed by atoms with Crippen molar-refractivity contribution in [2.45, 2.75) is 19.9 Å². The summed E-state index contributed by atoms with van der Waals surface area (Å²) in [5, 5.41) is 8.69. The number of nitrogens with one attached hydrogen (secondary N) is 2. The summed E-state index contributed by atoms with van der Waals surface area (Å²) in [7, 11) is 1.56. The molecule has 7 nitrogen and oxygen atoms in total. The van der Waals surface area contributed by atoms with Crippen LogP contribution in [0.15, 0.2) is 78.0 Å². The minimum Gasteiger partial charge on any atom is -0.460 e. The van der Waals surface area contributed by atoms with Crippen molar-refractivity contribution in [3.63, 3.8) is 0 Å². The molecule has 3 aromatic carbocycles. The fourth-order valence-corrected chi connectivity index (χ4v) is 4.74. The van der Waals surface area contributed by atoms with E-state index in [2.05, 4.69) is 10.6 Å². The van der Waals surface area contributed by atoms with E-state index in [1.807, 2.05) is 85.5 Å². The number of carbonyl (C=O) groups is 2. The normalized spacial score (nSPS) is 15.6. The van der Waals surface area contributed by atoms with Gasteiger partial charge >= 0.3 is 5.97 Å². The fraction of sp³-hybridized carbons (Fsp3) is 0.250. The summed E-state index contributed by atoms with van der Waals surface area (Å²) in [5.74, 6) is -0.607. The molecule has 3 aromatic rings. The summed E-state index contributed by atoms with van der Waals surface area (Å²) in [6.45, 7) is 4.94. The lowest BCUT2D eigenvalue weighted by atomic mass is 9.94. The van der Waals surface area contributed by atoms with Gasteiger partial charge in [0, 0.05) is 30.6 Å². The first-order valence-corrected chi connectivity index (χ1v) is 12.2. The first-order chi connectivity index (χ1) is 17.4. The molecular formula is C28H29N3O4S. The predicted octanol–water partition coefficient (Wildman–Crippen LogP) is 4.81. The van der Waals surface area contributed by atoms with Crippen LogP contribution in [0.5, 0.6) is 0 Å². The van der Waals surface area contributed by atoms with E-state index in [-0.39, 0.29) is 12.5 Å². The Hall–Kier alpha value is -3.75. The molecule has 4 rings (SSSR count). The van der Waals surface area contributed by atoms with Crippen molar-refractivity contribution in [2.75, 3.05) is 32.2 Å². The summed E-state index contributed by atoms with van der Waals surface area (Å²) in [6.07, 6.45) is 0. The fourth-order valence-electron chi connectivity index (χ4n) is 4.35. The molecule has 0 saturated heterocycles. The highest BCUT2D eigenvalue weighted by Crippen LogP contribution is 2.32. The molecular weight excluding hydrogens is 474 g/mol. The van der Waals surface area contributed by atoms with Crippen LogP contribution in [-0.2, 0) is 14.3 Å². The van der Waals surface area contributed by atoms with Crippen LogP contribution in [0.2, 0.25) is 0 Å². The number of hydrogen-bond donors (Lipinski definition) is 2. The van der Waals surface area contributed by atoms with Gasteiger partial charge in [0.25, 0.3) is 5.91 Å². The zero-order chi connectivity index (χ0) is 25.7. The summed E-state index contributed by atoms with van der Waals surface area (Å²) < 4.78 is 10.4. The standard InChI is InChI=1S/C28H29N3O4S/c1-4-31-18(2)24(27(33)35-17-16-34-3)25(30-28(31)36)20-12-14-21(15-13-20)29-26(32)23-11-7-9-19-8-5-6-10-22(19)23/h5-15,25H,4,16-17H2,1-3H3,(H,29,32)(H,30,36). The Labute approximate surface area is 216 Å². The number of methoxy groups -OCH3 is 1. The number of nitrogens with zero attached hydrogens (tertiary/aromatic N) is 1. The van der Waals surface area contributed by atoms with Crippen LogP contribution in [0, 0.1) is 0 Å². The van der Waals surface area contributed by atoms with Crippen molar-refractivity contribution in [1.29, 1.82) is 0 Å². The number of anilines is 1. The average Bonchev–Trinajstić information content (AvgIpc) is 2.88. The maximum Gasteiger partial charge on any atom is 0.338 e. The maximum absolute atomic E-state index is 13.0. The molecule has 186 valence electrons. The van der Waals surface area contributed by atoms with E-state index in [4.69, 9.17) is 21.7 Å². The number of fused-ring (bicyclic) bond motifs is 1. The Morgan fingerprint density at radius 2 is 1.75 bits per heavy atom. The van der Waals surface area contributed by atoms with Gasteiger partial charge in [-0.3, -0.25) is 4.79 Å². The minimum atomic E-state index is -0.474. The number of esters is 1. The highest BCUT2D eigenvalue weighted by molar-refractivity contribution is 7.80. The average molecular weight is 504 g/mol. The second kappa shape index (κ2) is 11.3. The van der Waals surface area contributed by atoms with Crippen LogP contribution < -0.4 is 10.6 Å². The van der Waals surface area contributed by atoms with E-state index in [1.54, 1.807) is 7.11 Å². The van der Waals surface area contributed by atoms with Gasteiger partial charge < -0.3 is 25.0 Å². The van der Waals surface area contributed by atoms with Gasteiger partial charge in [0.05, 0.1) is 18.2 Å². The molecule has 0 radical (unpaired) electrons. The number of amides is 1. The number of rotatable bonds is 8. The van der Waals surface area contributed by atoms with Crippen LogP contribution >= 0.6 is 12.2 Å². The van der Waals surface area contributed by atoms with Crippen molar-refractivity contribution in [1.82, 2.24) is 10.2 Å². The Morgan fingerprint density at radius 3 is 2.47 bits per heavy atom. The SMILES string of the molecule is CCN1C(=S)NC(c2ccc(NC(=O)c3cccc4ccccc34)cc2)C(C(=O)OCCOC)=C1C. The largest absolute Gasteiger partial charge is 0.460 e. The monoisotopic (exact) mass is 503 g/mol. The van der Waals surface area contributed by atoms with Crippen LogP contribution in [-0.4, -0.2) is 48.8 Å². The molecule has 0 aromatic heterocycles. The van der Waals surface area contributed by atoms with Crippen molar-refractivity contribution in [3.8, 4) is 0 Å². The van der Waals surface area contributed by atoms with E-state index in [0.717, 1.165) is 22.0 Å². The zero-order valence-corrected chi connectivity index (χ0v) is 21.4. The highest BCUT2D eigenvalue weighted by atomic mass is 32.1. The zero-order valence-electron chi connectivity index (χ0n) is 20.5. The third kappa shape index (κ3) is 5.24. The van der Waals surface area contributed by atoms with Gasteiger partial charge in [-0.25, -0.2) is 4.79 Å². The van der Waals surface area contributed by atoms with Gasteiger partial charge in [0.15, 0.2) is 5.11 Å². The Kier molecular flexibility index (Phi) is 7.97. The molecule has 1 heterocycles. The van der Waals surface area contributed by atoms with Crippen molar-refractivity contribution in [2.24, 2.45) is 0 Å². The first kappa shape index (κ1) is 25.3. The Balaban J connectivity index is 1.57. The molecule has 1 amide bonds. The Bertz CT molecular complexity index is 1310. The lowest BCUT2D eigenvalue weighted by molar-refractivity contribution is -0.140. The predicted molar refractivity (Wildman–Crippen MR) is 145 cm³/mol. The van der Waals surface area contributed by atoms with Crippen LogP contribution in [0.1, 0.15) is 35.8 Å². The van der Waals surface area contributed by atoms with Crippen molar-refractivity contribution >= 4 is 45.7 Å². The van der Waals surface area contributed by atoms with Gasteiger partial charge in [-0.15, -0.1) is 0 Å². The number of ether oxygens (including phenoxy) is 2. The first-order valence-electron chi connectivity index (χ1n) is 11.8. The van der Waals surface area contributed by atoms with E-state index in [0.29, 0.717) is 35.1 Å². The highest BCUT2D eigenvalue weighted by Gasteiger charge is 2.34. The molecule has 36 heavy (non-hydrogen) atoms. The molecule has 2 N–H and O–H groups in total. The van der Waals surface area contributed by atoms with Crippen LogP contribution in [0.3, 0.4) is 0 Å². The molecule has 0 bridgehead atoms. The van der Waals surface area contributed by atoms with E-state index < -0.39 is 12.0 Å². The minimum absolute atomic E-state index is 0.161. The Morgan fingerprint density at radius 1 is 1.03 bits per heavy atom. The van der Waals surface area contributed by atoms with Crippen molar-refractivity contribution in [3.05, 3.63) is 89.1 Å². The van der Waals surface area contributed by atoms with Crippen molar-refractivity contribution < 1.29 is 19.1 Å². The second-order valence-corrected chi connectivity index (χ2v) is 8.74. The molecule has 0 fully saturated rings. The number of allylic oxidation sites excluding steroid dienone is 1. The molecule has 0 saturated carbocycles. The lowest BCUT2D eigenvalue weighted by Gasteiger charge is -2.37. The lowest BCUT2D eigenvalue weighted by Crippen LogP contribution is -2.47. The quantitative estimate of drug-likeness (QED) is 0.260. The van der Waals surface area contributed by atoms with Gasteiger partial charge in [-0.2, -0.15) is 0 Å². The van der Waals surface area contributed by atoms with Gasteiger partial charge in [-0.1, -0.05) is 48.5 Å². The molecule has 1 aliphatic rings. The molecule has 0 spiro atoms. The molecule has 1 aliphatic heterocycles. The summed E-state index contributed by atoms with van der Waals surface area (Å²) in [4.78, 5) is 27.9. The molecule has 1 unspecified atom stereocenters. The smallest absolute Gasteiger partial charge is 0.338 e. The summed E-state index contributed by atoms with van der Waals surface area (Å²) in [5.41, 5.74) is 3.33. The third-order valence-electron chi connectivity index (χ3n) is 6.19. The van der Waals surface area contributed by atoms with E-state index in [9.17, 15) is 9.59 Å². The number of benzene rings is 3. The summed E-state index contributed by atoms with van der Waals surface area (Å²) >= 11 is 5.55. The number of thiocarbonyl (C=S) groups is 1. The van der Waals surface area contributed by atoms with Gasteiger partial charge in [-0.05, 0) is 60.6 Å². The number of carbonyl (C=O) groups excluding carboxylic acids is 2. The number of hydrogen-bond acceptors (Lipinski definition) is 5. The second-order valence-electron chi connectivity index (χ2n) is 8.36. The maximum atomic E-state index is 13.0. The van der Waals surface area contributed by atoms with Gasteiger partial charge in [0.2, 0.25) is 0 Å².